The molecule has 3 rings (SSSR count). The fraction of sp³-hybridized carbons (Fsp3) is 0.400. The number of fused-ring (bicyclic) bond motifs is 3. The van der Waals surface area contributed by atoms with Crippen molar-refractivity contribution >= 4 is 18.0 Å². The van der Waals surface area contributed by atoms with Crippen LogP contribution in [0, 0.1) is 5.92 Å². The maximum atomic E-state index is 12.1. The van der Waals surface area contributed by atoms with Gasteiger partial charge in [-0.15, -0.1) is 0 Å². The van der Waals surface area contributed by atoms with Gasteiger partial charge in [0, 0.05) is 31.8 Å². The molecule has 0 aliphatic heterocycles. The van der Waals surface area contributed by atoms with Crippen molar-refractivity contribution in [2.75, 3.05) is 19.7 Å². The minimum atomic E-state index is -0.869. The lowest BCUT2D eigenvalue weighted by Crippen LogP contribution is -2.29. The molecule has 0 saturated heterocycles. The zero-order chi connectivity index (χ0) is 22.9. The van der Waals surface area contributed by atoms with Crippen molar-refractivity contribution in [2.45, 2.75) is 38.5 Å². The quantitative estimate of drug-likeness (QED) is 0.461. The molecule has 3 N–H and O–H groups in total. The summed E-state index contributed by atoms with van der Waals surface area (Å²) in [6.45, 7) is 2.84. The van der Waals surface area contributed by atoms with E-state index in [4.69, 9.17) is 9.84 Å². The minimum absolute atomic E-state index is 0.0281. The molecular weight excluding hydrogens is 408 g/mol. The van der Waals surface area contributed by atoms with Gasteiger partial charge in [0.1, 0.15) is 6.61 Å². The van der Waals surface area contributed by atoms with Gasteiger partial charge in [-0.1, -0.05) is 55.5 Å². The highest BCUT2D eigenvalue weighted by Gasteiger charge is 2.28. The van der Waals surface area contributed by atoms with Crippen LogP contribution in [0.25, 0.3) is 11.1 Å². The van der Waals surface area contributed by atoms with Crippen LogP contribution in [0.2, 0.25) is 0 Å². The summed E-state index contributed by atoms with van der Waals surface area (Å²) < 4.78 is 5.49. The highest BCUT2D eigenvalue weighted by Crippen LogP contribution is 2.44. The fourth-order valence-electron chi connectivity index (χ4n) is 4.00. The van der Waals surface area contributed by atoms with E-state index in [1.54, 1.807) is 6.92 Å². The summed E-state index contributed by atoms with van der Waals surface area (Å²) in [5.41, 5.74) is 4.72. The fourth-order valence-corrected chi connectivity index (χ4v) is 4.00. The lowest BCUT2D eigenvalue weighted by Gasteiger charge is -2.14. The molecule has 2 aromatic rings. The summed E-state index contributed by atoms with van der Waals surface area (Å²) in [4.78, 5) is 34.6. The molecular formula is C25H30N2O5. The number of carboxylic acids is 1. The zero-order valence-electron chi connectivity index (χ0n) is 18.3. The van der Waals surface area contributed by atoms with E-state index in [0.717, 1.165) is 0 Å². The van der Waals surface area contributed by atoms with Gasteiger partial charge >= 0.3 is 12.1 Å². The molecule has 2 amide bonds. The van der Waals surface area contributed by atoms with Gasteiger partial charge in [0.2, 0.25) is 5.91 Å². The number of ether oxygens (including phenoxy) is 1. The average molecular weight is 439 g/mol. The molecule has 0 heterocycles. The van der Waals surface area contributed by atoms with E-state index in [2.05, 4.69) is 34.9 Å². The van der Waals surface area contributed by atoms with Gasteiger partial charge in [0.15, 0.2) is 0 Å². The number of alkyl carbamates (subject to hydrolysis) is 1. The van der Waals surface area contributed by atoms with Crippen molar-refractivity contribution in [1.82, 2.24) is 10.6 Å². The third-order valence-corrected chi connectivity index (χ3v) is 5.61. The van der Waals surface area contributed by atoms with Crippen LogP contribution in [-0.4, -0.2) is 42.8 Å². The van der Waals surface area contributed by atoms with Crippen LogP contribution in [0.4, 0.5) is 4.79 Å². The van der Waals surface area contributed by atoms with E-state index in [0.29, 0.717) is 32.4 Å². The molecule has 170 valence electrons. The number of carbonyl (C=O) groups is 3. The molecule has 1 aliphatic carbocycles. The summed E-state index contributed by atoms with van der Waals surface area (Å²) in [7, 11) is 0. The van der Waals surface area contributed by atoms with Crippen LogP contribution in [0.3, 0.4) is 0 Å². The first kappa shape index (κ1) is 23.3. The van der Waals surface area contributed by atoms with Crippen molar-refractivity contribution in [3.05, 3.63) is 59.7 Å². The Hall–Kier alpha value is -3.35. The summed E-state index contributed by atoms with van der Waals surface area (Å²) >= 11 is 0. The number of nitrogens with one attached hydrogen (secondary N) is 2. The number of aliphatic carboxylic acids is 1. The zero-order valence-corrected chi connectivity index (χ0v) is 18.3. The first-order valence-electron chi connectivity index (χ1n) is 11.0. The molecule has 0 spiro atoms. The molecule has 0 fully saturated rings. The highest BCUT2D eigenvalue weighted by molar-refractivity contribution is 5.79. The van der Waals surface area contributed by atoms with Crippen molar-refractivity contribution < 1.29 is 24.2 Å². The number of carboxylic acid groups (broad SMARTS) is 1. The lowest BCUT2D eigenvalue weighted by atomic mass is 9.98. The summed E-state index contributed by atoms with van der Waals surface area (Å²) in [5.74, 6) is -1.05. The van der Waals surface area contributed by atoms with Crippen LogP contribution in [0.5, 0.6) is 0 Å². The van der Waals surface area contributed by atoms with Crippen LogP contribution in [0.15, 0.2) is 48.5 Å². The third kappa shape index (κ3) is 6.33. The van der Waals surface area contributed by atoms with Gasteiger partial charge < -0.3 is 20.5 Å². The number of hydrogen-bond acceptors (Lipinski definition) is 4. The Labute approximate surface area is 188 Å². The Kier molecular flexibility index (Phi) is 8.25. The normalized spacial score (nSPS) is 13.0. The molecule has 2 aromatic carbocycles. The largest absolute Gasteiger partial charge is 0.481 e. The number of amides is 2. The molecule has 0 bridgehead atoms. The molecule has 1 aliphatic rings. The summed E-state index contributed by atoms with van der Waals surface area (Å²) in [6.07, 6.45) is 1.19. The Balaban J connectivity index is 1.33. The maximum Gasteiger partial charge on any atom is 0.407 e. The van der Waals surface area contributed by atoms with E-state index in [1.165, 1.54) is 22.3 Å². The van der Waals surface area contributed by atoms with Crippen molar-refractivity contribution in [3.8, 4) is 11.1 Å². The molecule has 7 heteroatoms. The number of unbranched alkanes of at least 4 members (excludes halogenated alkanes) is 1. The lowest BCUT2D eigenvalue weighted by molar-refractivity contribution is -0.138. The smallest absolute Gasteiger partial charge is 0.407 e. The van der Waals surface area contributed by atoms with Gasteiger partial charge in [-0.2, -0.15) is 0 Å². The molecule has 7 nitrogen and oxygen atoms in total. The predicted octanol–water partition coefficient (Wildman–Crippen LogP) is 3.92. The number of benzene rings is 2. The number of hydrogen-bond donors (Lipinski definition) is 3. The summed E-state index contributed by atoms with van der Waals surface area (Å²) in [6, 6.07) is 16.4. The molecule has 0 aromatic heterocycles. The molecule has 0 saturated carbocycles. The third-order valence-electron chi connectivity index (χ3n) is 5.61. The van der Waals surface area contributed by atoms with Crippen molar-refractivity contribution in [2.24, 2.45) is 5.92 Å². The van der Waals surface area contributed by atoms with Gasteiger partial charge in [-0.3, -0.25) is 9.59 Å². The van der Waals surface area contributed by atoms with Crippen molar-refractivity contribution in [1.29, 1.82) is 0 Å². The topological polar surface area (TPSA) is 105 Å². The maximum absolute atomic E-state index is 12.1. The first-order valence-corrected chi connectivity index (χ1v) is 11.0. The van der Waals surface area contributed by atoms with Crippen LogP contribution >= 0.6 is 0 Å². The van der Waals surface area contributed by atoms with E-state index < -0.39 is 12.1 Å². The monoisotopic (exact) mass is 438 g/mol. The van der Waals surface area contributed by atoms with E-state index in [1.807, 2.05) is 24.3 Å². The summed E-state index contributed by atoms with van der Waals surface area (Å²) in [5, 5.41) is 14.2. The highest BCUT2D eigenvalue weighted by atomic mass is 16.5. The van der Waals surface area contributed by atoms with Gasteiger partial charge in [-0.25, -0.2) is 4.79 Å². The van der Waals surface area contributed by atoms with E-state index >= 15 is 0 Å². The second-order valence-electron chi connectivity index (χ2n) is 8.22. The van der Waals surface area contributed by atoms with Crippen molar-refractivity contribution in [3.63, 3.8) is 0 Å². The predicted molar refractivity (Wildman–Crippen MR) is 121 cm³/mol. The van der Waals surface area contributed by atoms with Gasteiger partial charge in [0.25, 0.3) is 0 Å². The van der Waals surface area contributed by atoms with E-state index in [9.17, 15) is 14.4 Å². The average Bonchev–Trinajstić information content (AvgIpc) is 3.09. The Morgan fingerprint density at radius 1 is 0.969 bits per heavy atom. The first-order chi connectivity index (χ1) is 15.5. The van der Waals surface area contributed by atoms with E-state index in [-0.39, 0.29) is 30.8 Å². The van der Waals surface area contributed by atoms with Crippen LogP contribution in [0.1, 0.15) is 49.7 Å². The minimum Gasteiger partial charge on any atom is -0.481 e. The molecule has 1 unspecified atom stereocenters. The van der Waals surface area contributed by atoms with Gasteiger partial charge in [-0.05, 0) is 41.0 Å². The SMILES string of the molecule is CC(CNC(=O)CCCCNC(=O)OCC1c2ccccc2-c2ccccc21)CC(=O)O. The Morgan fingerprint density at radius 3 is 2.22 bits per heavy atom. The van der Waals surface area contributed by atoms with Crippen LogP contribution < -0.4 is 10.6 Å². The second kappa shape index (κ2) is 11.3. The Bertz CT molecular complexity index is 913. The number of rotatable bonds is 11. The molecule has 0 radical (unpaired) electrons. The van der Waals surface area contributed by atoms with Gasteiger partial charge in [0.05, 0.1) is 0 Å². The standard InChI is InChI=1S/C25H30N2O5/c1-17(14-24(29)30)15-27-23(28)12-6-7-13-26-25(31)32-16-22-20-10-4-2-8-18(20)19-9-3-5-11-21(19)22/h2-5,8-11,17,22H,6-7,12-16H2,1H3,(H,26,31)(H,27,28)(H,29,30). The molecule has 1 atom stereocenters. The number of carbonyl (C=O) groups excluding carboxylic acids is 2. The Morgan fingerprint density at radius 2 is 1.59 bits per heavy atom. The van der Waals surface area contributed by atoms with Crippen LogP contribution in [-0.2, 0) is 14.3 Å². The molecule has 32 heavy (non-hydrogen) atoms. The second-order valence-corrected chi connectivity index (χ2v) is 8.22.